The maximum atomic E-state index is 12.0. The van der Waals surface area contributed by atoms with Gasteiger partial charge in [0.15, 0.2) is 0 Å². The maximum Gasteiger partial charge on any atom is 0.573 e. The largest absolute Gasteiger partial charge is 0.573 e. The van der Waals surface area contributed by atoms with Crippen molar-refractivity contribution in [2.45, 2.75) is 25.7 Å². The van der Waals surface area contributed by atoms with E-state index in [-0.39, 0.29) is 23.3 Å². The highest BCUT2D eigenvalue weighted by molar-refractivity contribution is 5.94. The van der Waals surface area contributed by atoms with Crippen LogP contribution in [0.3, 0.4) is 0 Å². The van der Waals surface area contributed by atoms with E-state index in [1.807, 2.05) is 6.92 Å². The molecule has 1 unspecified atom stereocenters. The van der Waals surface area contributed by atoms with Gasteiger partial charge in [0, 0.05) is 11.6 Å². The molecule has 7 heteroatoms. The summed E-state index contributed by atoms with van der Waals surface area (Å²) in [6.07, 6.45) is -1.02. The van der Waals surface area contributed by atoms with Crippen LogP contribution in [0, 0.1) is 0 Å². The van der Waals surface area contributed by atoms with Crippen LogP contribution in [0.15, 0.2) is 47.3 Å². The number of alkyl halides is 3. The zero-order chi connectivity index (χ0) is 16.2. The van der Waals surface area contributed by atoms with Gasteiger partial charge in [-0.05, 0) is 49.2 Å². The van der Waals surface area contributed by atoms with E-state index in [9.17, 15) is 18.0 Å². The first-order valence-electron chi connectivity index (χ1n) is 6.51. The Hall–Kier alpha value is -2.44. The van der Waals surface area contributed by atoms with E-state index in [1.54, 1.807) is 18.6 Å². The quantitative estimate of drug-likeness (QED) is 0.918. The third-order valence-electron chi connectivity index (χ3n) is 2.85. The molecular formula is C15H14F3NO3. The average Bonchev–Trinajstić information content (AvgIpc) is 2.90. The van der Waals surface area contributed by atoms with Crippen LogP contribution in [-0.4, -0.2) is 18.3 Å². The van der Waals surface area contributed by atoms with Crippen molar-refractivity contribution in [3.8, 4) is 5.75 Å². The van der Waals surface area contributed by atoms with Crippen molar-refractivity contribution >= 4 is 5.91 Å². The predicted molar refractivity (Wildman–Crippen MR) is 72.5 cm³/mol. The highest BCUT2D eigenvalue weighted by Gasteiger charge is 2.31. The number of benzene rings is 1. The van der Waals surface area contributed by atoms with E-state index in [1.165, 1.54) is 12.1 Å². The van der Waals surface area contributed by atoms with Gasteiger partial charge in [0.2, 0.25) is 0 Å². The van der Waals surface area contributed by atoms with Crippen molar-refractivity contribution in [2.24, 2.45) is 0 Å². The van der Waals surface area contributed by atoms with Crippen LogP contribution in [0.1, 0.15) is 22.8 Å². The normalized spacial score (nSPS) is 12.7. The standard InChI is InChI=1S/C15H14F3NO3/c1-10(8-11-6-7-21-9-11)19-14(20)12-2-4-13(5-3-12)22-15(16,17)18/h2-7,9-10H,8H2,1H3,(H,19,20). The monoisotopic (exact) mass is 313 g/mol. The Labute approximate surface area is 124 Å². The lowest BCUT2D eigenvalue weighted by molar-refractivity contribution is -0.274. The molecule has 0 aliphatic carbocycles. The molecule has 0 aliphatic rings. The van der Waals surface area contributed by atoms with E-state index in [0.29, 0.717) is 6.42 Å². The lowest BCUT2D eigenvalue weighted by atomic mass is 10.1. The minimum absolute atomic E-state index is 0.142. The SMILES string of the molecule is CC(Cc1ccoc1)NC(=O)c1ccc(OC(F)(F)F)cc1. The molecule has 118 valence electrons. The van der Waals surface area contributed by atoms with Crippen LogP contribution in [-0.2, 0) is 6.42 Å². The zero-order valence-corrected chi connectivity index (χ0v) is 11.7. The van der Waals surface area contributed by atoms with Gasteiger partial charge in [-0.25, -0.2) is 0 Å². The Kier molecular flexibility index (Phi) is 4.75. The first kappa shape index (κ1) is 15.9. The van der Waals surface area contributed by atoms with E-state index >= 15 is 0 Å². The molecule has 2 aromatic rings. The fourth-order valence-electron chi connectivity index (χ4n) is 1.93. The highest BCUT2D eigenvalue weighted by atomic mass is 19.4. The van der Waals surface area contributed by atoms with Crippen LogP contribution >= 0.6 is 0 Å². The van der Waals surface area contributed by atoms with E-state index in [4.69, 9.17) is 4.42 Å². The first-order valence-corrected chi connectivity index (χ1v) is 6.51. The van der Waals surface area contributed by atoms with E-state index in [0.717, 1.165) is 17.7 Å². The number of furan rings is 1. The van der Waals surface area contributed by atoms with Crippen molar-refractivity contribution in [2.75, 3.05) is 0 Å². The van der Waals surface area contributed by atoms with Gasteiger partial charge in [0.05, 0.1) is 12.5 Å². The molecule has 0 aliphatic heterocycles. The van der Waals surface area contributed by atoms with Gasteiger partial charge < -0.3 is 14.5 Å². The second kappa shape index (κ2) is 6.55. The number of hydrogen-bond acceptors (Lipinski definition) is 3. The maximum absolute atomic E-state index is 12.0. The molecular weight excluding hydrogens is 299 g/mol. The molecule has 1 heterocycles. The molecule has 0 spiro atoms. The molecule has 22 heavy (non-hydrogen) atoms. The number of carbonyl (C=O) groups excluding carboxylic acids is 1. The van der Waals surface area contributed by atoms with Crippen LogP contribution in [0.2, 0.25) is 0 Å². The zero-order valence-electron chi connectivity index (χ0n) is 11.7. The van der Waals surface area contributed by atoms with E-state index in [2.05, 4.69) is 10.1 Å². The molecule has 0 fully saturated rings. The number of carbonyl (C=O) groups is 1. The fourth-order valence-corrected chi connectivity index (χ4v) is 1.93. The molecule has 1 aromatic carbocycles. The summed E-state index contributed by atoms with van der Waals surface area (Å²) in [4.78, 5) is 12.0. The Bertz CT molecular complexity index is 606. The Balaban J connectivity index is 1.92. The smallest absolute Gasteiger partial charge is 0.472 e. The van der Waals surface area contributed by atoms with Crippen LogP contribution in [0.25, 0.3) is 0 Å². The number of halogens is 3. The van der Waals surface area contributed by atoms with Crippen molar-refractivity contribution in [1.82, 2.24) is 5.32 Å². The minimum atomic E-state index is -4.75. The van der Waals surface area contributed by atoms with Crippen molar-refractivity contribution in [1.29, 1.82) is 0 Å². The van der Waals surface area contributed by atoms with Crippen LogP contribution in [0.5, 0.6) is 5.75 Å². The van der Waals surface area contributed by atoms with Gasteiger partial charge in [-0.2, -0.15) is 0 Å². The fraction of sp³-hybridized carbons (Fsp3) is 0.267. The van der Waals surface area contributed by atoms with Gasteiger partial charge in [-0.15, -0.1) is 13.2 Å². The van der Waals surface area contributed by atoms with Crippen molar-refractivity contribution < 1.29 is 27.1 Å². The van der Waals surface area contributed by atoms with Crippen LogP contribution in [0.4, 0.5) is 13.2 Å². The molecule has 1 atom stereocenters. The summed E-state index contributed by atoms with van der Waals surface area (Å²) in [6.45, 7) is 1.83. The number of hydrogen-bond donors (Lipinski definition) is 1. The average molecular weight is 313 g/mol. The lowest BCUT2D eigenvalue weighted by Gasteiger charge is -2.13. The Morgan fingerprint density at radius 3 is 2.50 bits per heavy atom. The second-order valence-electron chi connectivity index (χ2n) is 4.78. The third kappa shape index (κ3) is 4.83. The van der Waals surface area contributed by atoms with Gasteiger partial charge in [-0.1, -0.05) is 0 Å². The summed E-state index contributed by atoms with van der Waals surface area (Å²) in [5, 5.41) is 2.76. The summed E-state index contributed by atoms with van der Waals surface area (Å²) in [6, 6.07) is 6.41. The molecule has 1 N–H and O–H groups in total. The molecule has 0 saturated heterocycles. The predicted octanol–water partition coefficient (Wildman–Crippen LogP) is 3.54. The molecule has 0 radical (unpaired) electrons. The molecule has 0 bridgehead atoms. The third-order valence-corrected chi connectivity index (χ3v) is 2.85. The topological polar surface area (TPSA) is 51.5 Å². The Morgan fingerprint density at radius 1 is 1.27 bits per heavy atom. The van der Waals surface area contributed by atoms with Crippen molar-refractivity contribution in [3.63, 3.8) is 0 Å². The molecule has 0 saturated carbocycles. The van der Waals surface area contributed by atoms with Gasteiger partial charge in [0.25, 0.3) is 5.91 Å². The number of rotatable bonds is 5. The minimum Gasteiger partial charge on any atom is -0.472 e. The van der Waals surface area contributed by atoms with Crippen molar-refractivity contribution in [3.05, 3.63) is 54.0 Å². The number of nitrogens with one attached hydrogen (secondary N) is 1. The summed E-state index contributed by atoms with van der Waals surface area (Å²) >= 11 is 0. The summed E-state index contributed by atoms with van der Waals surface area (Å²) in [5.41, 5.74) is 1.20. The summed E-state index contributed by atoms with van der Waals surface area (Å²) < 4.78 is 44.8. The summed E-state index contributed by atoms with van der Waals surface area (Å²) in [7, 11) is 0. The van der Waals surface area contributed by atoms with Crippen LogP contribution < -0.4 is 10.1 Å². The molecule has 4 nitrogen and oxygen atoms in total. The molecule has 1 aromatic heterocycles. The molecule has 2 rings (SSSR count). The second-order valence-corrected chi connectivity index (χ2v) is 4.78. The van der Waals surface area contributed by atoms with E-state index < -0.39 is 6.36 Å². The summed E-state index contributed by atoms with van der Waals surface area (Å²) in [5.74, 6) is -0.731. The Morgan fingerprint density at radius 2 is 1.95 bits per heavy atom. The van der Waals surface area contributed by atoms with Gasteiger partial charge in [0.1, 0.15) is 5.75 Å². The first-order chi connectivity index (χ1) is 10.3. The molecule has 1 amide bonds. The highest BCUT2D eigenvalue weighted by Crippen LogP contribution is 2.22. The van der Waals surface area contributed by atoms with Gasteiger partial charge >= 0.3 is 6.36 Å². The lowest BCUT2D eigenvalue weighted by Crippen LogP contribution is -2.33. The number of amides is 1. The number of ether oxygens (including phenoxy) is 1. The van der Waals surface area contributed by atoms with Gasteiger partial charge in [-0.3, -0.25) is 4.79 Å².